The number of rotatable bonds is 7. The van der Waals surface area contributed by atoms with Gasteiger partial charge >= 0.3 is 5.97 Å². The van der Waals surface area contributed by atoms with Crippen LogP contribution in [-0.4, -0.2) is 57.1 Å². The van der Waals surface area contributed by atoms with E-state index < -0.39 is 16.2 Å². The molecular formula is C10H20N2O5S. The van der Waals surface area contributed by atoms with Crippen molar-refractivity contribution in [3.8, 4) is 0 Å². The smallest absolute Gasteiger partial charge is 0.303 e. The number of carboxylic acid groups (broad SMARTS) is 1. The van der Waals surface area contributed by atoms with Crippen LogP contribution in [0.4, 0.5) is 0 Å². The van der Waals surface area contributed by atoms with Crippen molar-refractivity contribution >= 4 is 16.2 Å². The monoisotopic (exact) mass is 280 g/mol. The zero-order valence-corrected chi connectivity index (χ0v) is 11.3. The molecule has 1 heterocycles. The Morgan fingerprint density at radius 1 is 1.44 bits per heavy atom. The Balaban J connectivity index is 2.39. The van der Waals surface area contributed by atoms with E-state index >= 15 is 0 Å². The number of hydrogen-bond acceptors (Lipinski definition) is 4. The maximum atomic E-state index is 11.8. The second-order valence-electron chi connectivity index (χ2n) is 4.33. The fraction of sp³-hybridized carbons (Fsp3) is 0.900. The first-order valence-electron chi connectivity index (χ1n) is 5.91. The number of nitrogens with one attached hydrogen (secondary N) is 1. The van der Waals surface area contributed by atoms with E-state index in [1.54, 1.807) is 0 Å². The predicted molar refractivity (Wildman–Crippen MR) is 65.3 cm³/mol. The number of piperidine rings is 1. The van der Waals surface area contributed by atoms with Crippen molar-refractivity contribution in [2.75, 3.05) is 33.4 Å². The van der Waals surface area contributed by atoms with E-state index in [0.29, 0.717) is 32.5 Å². The van der Waals surface area contributed by atoms with Gasteiger partial charge in [0.1, 0.15) is 0 Å². The standard InChI is InChI=1S/C10H20N2O5S/c1-17-7-4-11-18(15,16)12-5-2-9(3-6-12)8-10(13)14/h9,11H,2-8H2,1H3,(H,13,14). The molecule has 0 saturated carbocycles. The van der Waals surface area contributed by atoms with Gasteiger partial charge in [-0.15, -0.1) is 0 Å². The summed E-state index contributed by atoms with van der Waals surface area (Å²) in [6, 6.07) is 0. The number of carbonyl (C=O) groups is 1. The molecule has 0 radical (unpaired) electrons. The highest BCUT2D eigenvalue weighted by atomic mass is 32.2. The molecule has 0 spiro atoms. The molecular weight excluding hydrogens is 260 g/mol. The third kappa shape index (κ3) is 4.89. The Hall–Kier alpha value is -0.700. The van der Waals surface area contributed by atoms with Crippen LogP contribution < -0.4 is 4.72 Å². The lowest BCUT2D eigenvalue weighted by molar-refractivity contribution is -0.138. The molecule has 1 rings (SSSR count). The largest absolute Gasteiger partial charge is 0.481 e. The molecule has 1 aliphatic rings. The average molecular weight is 280 g/mol. The first-order valence-corrected chi connectivity index (χ1v) is 7.35. The van der Waals surface area contributed by atoms with E-state index in [1.807, 2.05) is 0 Å². The molecule has 2 N–H and O–H groups in total. The number of ether oxygens (including phenoxy) is 1. The Labute approximate surface area is 107 Å². The van der Waals surface area contributed by atoms with Gasteiger partial charge in [-0.2, -0.15) is 17.4 Å². The molecule has 8 heteroatoms. The normalized spacial score (nSPS) is 18.9. The van der Waals surface area contributed by atoms with E-state index in [2.05, 4.69) is 4.72 Å². The molecule has 0 aromatic rings. The van der Waals surface area contributed by atoms with Gasteiger partial charge in [0.2, 0.25) is 0 Å². The lowest BCUT2D eigenvalue weighted by Crippen LogP contribution is -2.45. The van der Waals surface area contributed by atoms with Gasteiger partial charge in [0.05, 0.1) is 6.61 Å². The minimum absolute atomic E-state index is 0.0768. The summed E-state index contributed by atoms with van der Waals surface area (Å²) in [5.41, 5.74) is 0. The van der Waals surface area contributed by atoms with Crippen LogP contribution >= 0.6 is 0 Å². The van der Waals surface area contributed by atoms with Gasteiger partial charge in [-0.25, -0.2) is 0 Å². The zero-order chi connectivity index (χ0) is 13.6. The van der Waals surface area contributed by atoms with Crippen molar-refractivity contribution in [3.63, 3.8) is 0 Å². The molecule has 0 unspecified atom stereocenters. The molecule has 0 atom stereocenters. The van der Waals surface area contributed by atoms with Crippen LogP contribution in [0.5, 0.6) is 0 Å². The Kier molecular flexibility index (Phi) is 6.00. The molecule has 0 aromatic heterocycles. The van der Waals surface area contributed by atoms with Gasteiger partial charge < -0.3 is 9.84 Å². The molecule has 7 nitrogen and oxygen atoms in total. The van der Waals surface area contributed by atoms with E-state index in [-0.39, 0.29) is 18.9 Å². The summed E-state index contributed by atoms with van der Waals surface area (Å²) in [6.45, 7) is 1.32. The Morgan fingerprint density at radius 3 is 2.56 bits per heavy atom. The summed E-state index contributed by atoms with van der Waals surface area (Å²) in [7, 11) is -1.95. The minimum atomic E-state index is -3.45. The highest BCUT2D eigenvalue weighted by Crippen LogP contribution is 2.21. The summed E-state index contributed by atoms with van der Waals surface area (Å²) in [6.07, 6.45) is 1.31. The zero-order valence-electron chi connectivity index (χ0n) is 10.5. The van der Waals surface area contributed by atoms with Gasteiger partial charge in [0.15, 0.2) is 0 Å². The van der Waals surface area contributed by atoms with Crippen molar-refractivity contribution in [2.45, 2.75) is 19.3 Å². The van der Waals surface area contributed by atoms with Crippen LogP contribution in [0.3, 0.4) is 0 Å². The van der Waals surface area contributed by atoms with Crippen LogP contribution in [0.25, 0.3) is 0 Å². The maximum absolute atomic E-state index is 11.8. The fourth-order valence-electron chi connectivity index (χ4n) is 1.96. The molecule has 18 heavy (non-hydrogen) atoms. The van der Waals surface area contributed by atoms with Crippen molar-refractivity contribution < 1.29 is 23.1 Å². The van der Waals surface area contributed by atoms with Gasteiger partial charge in [-0.3, -0.25) is 4.79 Å². The van der Waals surface area contributed by atoms with Crippen molar-refractivity contribution in [1.82, 2.24) is 9.03 Å². The predicted octanol–water partition coefficient (Wildman–Crippen LogP) is -0.346. The lowest BCUT2D eigenvalue weighted by Gasteiger charge is -2.30. The van der Waals surface area contributed by atoms with Crippen LogP contribution in [0, 0.1) is 5.92 Å². The van der Waals surface area contributed by atoms with Crippen LogP contribution in [0.1, 0.15) is 19.3 Å². The average Bonchev–Trinajstić information content (AvgIpc) is 2.29. The maximum Gasteiger partial charge on any atom is 0.303 e. The lowest BCUT2D eigenvalue weighted by atomic mass is 9.95. The first-order chi connectivity index (χ1) is 8.45. The SMILES string of the molecule is COCCNS(=O)(=O)N1CCC(CC(=O)O)CC1. The van der Waals surface area contributed by atoms with E-state index in [4.69, 9.17) is 9.84 Å². The highest BCUT2D eigenvalue weighted by molar-refractivity contribution is 7.87. The van der Waals surface area contributed by atoms with E-state index in [0.717, 1.165) is 0 Å². The van der Waals surface area contributed by atoms with Gasteiger partial charge in [-0.05, 0) is 18.8 Å². The number of methoxy groups -OCH3 is 1. The molecule has 0 aliphatic carbocycles. The van der Waals surface area contributed by atoms with Crippen molar-refractivity contribution in [3.05, 3.63) is 0 Å². The third-order valence-electron chi connectivity index (χ3n) is 2.97. The van der Waals surface area contributed by atoms with E-state index in [9.17, 15) is 13.2 Å². The quantitative estimate of drug-likeness (QED) is 0.622. The topological polar surface area (TPSA) is 95.9 Å². The van der Waals surface area contributed by atoms with Crippen LogP contribution in [0.15, 0.2) is 0 Å². The van der Waals surface area contributed by atoms with Crippen molar-refractivity contribution in [2.24, 2.45) is 5.92 Å². The van der Waals surface area contributed by atoms with Gasteiger partial charge in [0, 0.05) is 33.2 Å². The summed E-state index contributed by atoms with van der Waals surface area (Å²) >= 11 is 0. The van der Waals surface area contributed by atoms with Crippen molar-refractivity contribution in [1.29, 1.82) is 0 Å². The number of aliphatic carboxylic acids is 1. The van der Waals surface area contributed by atoms with Crippen LogP contribution in [0.2, 0.25) is 0 Å². The molecule has 1 fully saturated rings. The Bertz CT molecular complexity index is 362. The van der Waals surface area contributed by atoms with Gasteiger partial charge in [0.25, 0.3) is 10.2 Å². The molecule has 1 saturated heterocycles. The molecule has 1 aliphatic heterocycles. The minimum Gasteiger partial charge on any atom is -0.481 e. The summed E-state index contributed by atoms with van der Waals surface area (Å²) in [4.78, 5) is 10.6. The molecule has 0 bridgehead atoms. The molecule has 0 aromatic carbocycles. The second kappa shape index (κ2) is 7.03. The van der Waals surface area contributed by atoms with E-state index in [1.165, 1.54) is 11.4 Å². The number of nitrogens with zero attached hydrogens (tertiary/aromatic N) is 1. The first kappa shape index (κ1) is 15.4. The summed E-state index contributed by atoms with van der Waals surface area (Å²) < 4.78 is 32.2. The van der Waals surface area contributed by atoms with Gasteiger partial charge in [-0.1, -0.05) is 0 Å². The Morgan fingerprint density at radius 2 is 2.06 bits per heavy atom. The number of hydrogen-bond donors (Lipinski definition) is 2. The highest BCUT2D eigenvalue weighted by Gasteiger charge is 2.28. The summed E-state index contributed by atoms with van der Waals surface area (Å²) in [5, 5.41) is 8.68. The second-order valence-corrected chi connectivity index (χ2v) is 6.09. The fourth-order valence-corrected chi connectivity index (χ4v) is 3.18. The third-order valence-corrected chi connectivity index (χ3v) is 4.58. The number of carboxylic acids is 1. The molecule has 106 valence electrons. The van der Waals surface area contributed by atoms with Crippen LogP contribution in [-0.2, 0) is 19.7 Å². The molecule has 0 amide bonds. The summed E-state index contributed by atoms with van der Waals surface area (Å²) in [5.74, 6) is -0.748.